The van der Waals surface area contributed by atoms with Gasteiger partial charge in [-0.05, 0) is 49.6 Å². The Bertz CT molecular complexity index is 918. The Balaban J connectivity index is 1.39. The molecule has 4 rings (SSSR count). The number of rotatable bonds is 3. The average Bonchev–Trinajstić information content (AvgIpc) is 3.05. The Labute approximate surface area is 167 Å². The number of aromatic nitrogens is 2. The largest absolute Gasteiger partial charge is 0.342 e. The van der Waals surface area contributed by atoms with Crippen LogP contribution in [0.2, 0.25) is 10.0 Å². The van der Waals surface area contributed by atoms with Crippen molar-refractivity contribution in [2.24, 2.45) is 0 Å². The van der Waals surface area contributed by atoms with Crippen LogP contribution in [0.3, 0.4) is 0 Å². The van der Waals surface area contributed by atoms with Gasteiger partial charge in [-0.15, -0.1) is 0 Å². The summed E-state index contributed by atoms with van der Waals surface area (Å²) in [7, 11) is 0. The predicted molar refractivity (Wildman–Crippen MR) is 110 cm³/mol. The SMILES string of the molecule is O=C(Nc1cc(Cl)cc(Cl)c1)NC1CCCC(c2nc3ccccc3[nH]2)C1. The molecule has 3 aromatic rings. The summed E-state index contributed by atoms with van der Waals surface area (Å²) in [6.07, 6.45) is 3.95. The summed E-state index contributed by atoms with van der Waals surface area (Å²) >= 11 is 12.0. The number of imidazole rings is 1. The molecule has 5 nitrogen and oxygen atoms in total. The number of carbonyl (C=O) groups excluding carboxylic acids is 1. The first kappa shape index (κ1) is 18.1. The Morgan fingerprint density at radius 3 is 2.67 bits per heavy atom. The van der Waals surface area contributed by atoms with Crippen molar-refractivity contribution in [2.45, 2.75) is 37.6 Å². The monoisotopic (exact) mass is 402 g/mol. The Morgan fingerprint density at radius 2 is 1.89 bits per heavy atom. The molecule has 3 N–H and O–H groups in total. The summed E-state index contributed by atoms with van der Waals surface area (Å²) < 4.78 is 0. The van der Waals surface area contributed by atoms with E-state index in [2.05, 4.69) is 15.6 Å². The number of carbonyl (C=O) groups is 1. The fourth-order valence-electron chi connectivity index (χ4n) is 3.71. The molecule has 1 heterocycles. The number of aromatic amines is 1. The van der Waals surface area contributed by atoms with Crippen molar-refractivity contribution in [3.8, 4) is 0 Å². The summed E-state index contributed by atoms with van der Waals surface area (Å²) in [6, 6.07) is 12.9. The Morgan fingerprint density at radius 1 is 1.11 bits per heavy atom. The van der Waals surface area contributed by atoms with Crippen LogP contribution in [0.15, 0.2) is 42.5 Å². The van der Waals surface area contributed by atoms with Gasteiger partial charge in [-0.1, -0.05) is 41.8 Å². The molecule has 0 spiro atoms. The second-order valence-electron chi connectivity index (χ2n) is 6.96. The molecule has 1 fully saturated rings. The highest BCUT2D eigenvalue weighted by molar-refractivity contribution is 6.35. The van der Waals surface area contributed by atoms with Crippen molar-refractivity contribution in [3.05, 3.63) is 58.3 Å². The number of hydrogen-bond acceptors (Lipinski definition) is 2. The molecule has 1 aliphatic carbocycles. The van der Waals surface area contributed by atoms with Gasteiger partial charge in [-0.3, -0.25) is 0 Å². The van der Waals surface area contributed by atoms with Crippen molar-refractivity contribution in [3.63, 3.8) is 0 Å². The van der Waals surface area contributed by atoms with Crippen molar-refractivity contribution in [2.75, 3.05) is 5.32 Å². The molecule has 7 heteroatoms. The lowest BCUT2D eigenvalue weighted by Crippen LogP contribution is -2.40. The highest BCUT2D eigenvalue weighted by Crippen LogP contribution is 2.32. The summed E-state index contributed by atoms with van der Waals surface area (Å²) in [4.78, 5) is 20.5. The number of anilines is 1. The van der Waals surface area contributed by atoms with Crippen LogP contribution in [0.1, 0.15) is 37.4 Å². The van der Waals surface area contributed by atoms with E-state index in [1.165, 1.54) is 0 Å². The van der Waals surface area contributed by atoms with Gasteiger partial charge in [0.2, 0.25) is 0 Å². The van der Waals surface area contributed by atoms with E-state index in [-0.39, 0.29) is 12.1 Å². The molecular formula is C20H20Cl2N4O. The maximum atomic E-state index is 12.4. The molecule has 0 radical (unpaired) electrons. The lowest BCUT2D eigenvalue weighted by Gasteiger charge is -2.28. The third-order valence-electron chi connectivity index (χ3n) is 4.92. The first-order chi connectivity index (χ1) is 13.1. The molecule has 0 aliphatic heterocycles. The van der Waals surface area contributed by atoms with Crippen LogP contribution in [-0.2, 0) is 0 Å². The first-order valence-electron chi connectivity index (χ1n) is 9.05. The normalized spacial score (nSPS) is 19.8. The summed E-state index contributed by atoms with van der Waals surface area (Å²) in [5, 5.41) is 6.84. The summed E-state index contributed by atoms with van der Waals surface area (Å²) in [6.45, 7) is 0. The number of hydrogen-bond donors (Lipinski definition) is 3. The van der Waals surface area contributed by atoms with Gasteiger partial charge in [0.05, 0.1) is 11.0 Å². The first-order valence-corrected chi connectivity index (χ1v) is 9.80. The standard InChI is InChI=1S/C20H20Cl2N4O/c21-13-9-14(22)11-16(10-13)24-20(27)23-15-5-3-4-12(8-15)19-25-17-6-1-2-7-18(17)26-19/h1-2,6-7,9-12,15H,3-5,8H2,(H,25,26)(H2,23,24,27). The van der Waals surface area contributed by atoms with E-state index in [1.807, 2.05) is 24.3 Å². The molecule has 0 bridgehead atoms. The average molecular weight is 403 g/mol. The van der Waals surface area contributed by atoms with Gasteiger partial charge in [-0.25, -0.2) is 9.78 Å². The van der Waals surface area contributed by atoms with Gasteiger partial charge in [0.25, 0.3) is 0 Å². The summed E-state index contributed by atoms with van der Waals surface area (Å²) in [5.74, 6) is 1.32. The fourth-order valence-corrected chi connectivity index (χ4v) is 4.24. The summed E-state index contributed by atoms with van der Waals surface area (Å²) in [5.41, 5.74) is 2.62. The number of H-pyrrole nitrogens is 1. The number of amides is 2. The van der Waals surface area contributed by atoms with Crippen molar-refractivity contribution in [1.82, 2.24) is 15.3 Å². The van der Waals surface area contributed by atoms with Crippen LogP contribution < -0.4 is 10.6 Å². The van der Waals surface area contributed by atoms with Crippen LogP contribution >= 0.6 is 23.2 Å². The smallest absolute Gasteiger partial charge is 0.319 e. The predicted octanol–water partition coefficient (Wildman–Crippen LogP) is 5.72. The van der Waals surface area contributed by atoms with Crippen LogP contribution in [0.5, 0.6) is 0 Å². The molecule has 1 aliphatic rings. The Kier molecular flexibility index (Phi) is 5.23. The van der Waals surface area contributed by atoms with Gasteiger partial charge in [-0.2, -0.15) is 0 Å². The minimum absolute atomic E-state index is 0.103. The number of fused-ring (bicyclic) bond motifs is 1. The minimum Gasteiger partial charge on any atom is -0.342 e. The molecule has 2 atom stereocenters. The maximum absolute atomic E-state index is 12.4. The molecule has 2 aromatic carbocycles. The molecule has 2 amide bonds. The topological polar surface area (TPSA) is 69.8 Å². The van der Waals surface area contributed by atoms with E-state index in [1.54, 1.807) is 18.2 Å². The van der Waals surface area contributed by atoms with Gasteiger partial charge in [0, 0.05) is 27.7 Å². The van der Waals surface area contributed by atoms with E-state index in [0.29, 0.717) is 21.7 Å². The molecule has 140 valence electrons. The zero-order valence-corrected chi connectivity index (χ0v) is 16.1. The van der Waals surface area contributed by atoms with Crippen LogP contribution in [-0.4, -0.2) is 22.0 Å². The molecule has 1 aromatic heterocycles. The number of benzene rings is 2. The van der Waals surface area contributed by atoms with Crippen LogP contribution in [0.25, 0.3) is 11.0 Å². The van der Waals surface area contributed by atoms with Gasteiger partial charge >= 0.3 is 6.03 Å². The lowest BCUT2D eigenvalue weighted by molar-refractivity contribution is 0.242. The van der Waals surface area contributed by atoms with Crippen LogP contribution in [0.4, 0.5) is 10.5 Å². The molecule has 1 saturated carbocycles. The zero-order chi connectivity index (χ0) is 18.8. The van der Waals surface area contributed by atoms with Crippen molar-refractivity contribution < 1.29 is 4.79 Å². The number of urea groups is 1. The lowest BCUT2D eigenvalue weighted by atomic mass is 9.85. The second kappa shape index (κ2) is 7.79. The van der Waals surface area contributed by atoms with Crippen molar-refractivity contribution >= 4 is 46.0 Å². The number of para-hydroxylation sites is 2. The minimum atomic E-state index is -0.247. The quantitative estimate of drug-likeness (QED) is 0.524. The molecule has 0 saturated heterocycles. The van der Waals surface area contributed by atoms with Crippen LogP contribution in [0, 0.1) is 0 Å². The van der Waals surface area contributed by atoms with E-state index < -0.39 is 0 Å². The molecule has 2 unspecified atom stereocenters. The maximum Gasteiger partial charge on any atom is 0.319 e. The highest BCUT2D eigenvalue weighted by atomic mass is 35.5. The van der Waals surface area contributed by atoms with Crippen molar-refractivity contribution in [1.29, 1.82) is 0 Å². The van der Waals surface area contributed by atoms with E-state index >= 15 is 0 Å². The van der Waals surface area contributed by atoms with Gasteiger partial charge in [0.15, 0.2) is 0 Å². The van der Waals surface area contributed by atoms with E-state index in [9.17, 15) is 4.79 Å². The fraction of sp³-hybridized carbons (Fsp3) is 0.300. The van der Waals surface area contributed by atoms with E-state index in [4.69, 9.17) is 28.2 Å². The molecule has 27 heavy (non-hydrogen) atoms. The van der Waals surface area contributed by atoms with E-state index in [0.717, 1.165) is 42.5 Å². The second-order valence-corrected chi connectivity index (χ2v) is 7.83. The third-order valence-corrected chi connectivity index (χ3v) is 5.36. The highest BCUT2D eigenvalue weighted by Gasteiger charge is 2.26. The Hall–Kier alpha value is -2.24. The van der Waals surface area contributed by atoms with Gasteiger partial charge in [0.1, 0.15) is 5.82 Å². The van der Waals surface area contributed by atoms with Gasteiger partial charge < -0.3 is 15.6 Å². The number of nitrogens with one attached hydrogen (secondary N) is 3. The number of nitrogens with zero attached hydrogens (tertiary/aromatic N) is 1. The molecular weight excluding hydrogens is 383 g/mol. The zero-order valence-electron chi connectivity index (χ0n) is 14.6. The third kappa shape index (κ3) is 4.37. The number of halogens is 2.